The van der Waals surface area contributed by atoms with E-state index in [1.165, 1.54) is 0 Å². The number of aromatic nitrogens is 2. The Labute approximate surface area is 91.8 Å². The zero-order valence-electron chi connectivity index (χ0n) is 7.72. The third-order valence-electron chi connectivity index (χ3n) is 1.92. The summed E-state index contributed by atoms with van der Waals surface area (Å²) in [6, 6.07) is 8.99. The molecule has 0 N–H and O–H groups in total. The Kier molecular flexibility index (Phi) is 2.74. The Bertz CT molecular complexity index is 482. The molecular weight excluding hydrogens is 212 g/mol. The first kappa shape index (κ1) is 9.80. The molecule has 0 radical (unpaired) electrons. The fourth-order valence-corrected chi connectivity index (χ4v) is 1.34. The highest BCUT2D eigenvalue weighted by molar-refractivity contribution is 6.30. The standard InChI is InChI=1S/C11H7ClN2O/c12-9-3-1-8(2-4-9)10-5-6-13-11(7-15)14-10/h1-7H. The molecule has 1 heterocycles. The number of halogens is 1. The molecule has 3 nitrogen and oxygen atoms in total. The Morgan fingerprint density at radius 1 is 1.13 bits per heavy atom. The SMILES string of the molecule is O=Cc1nccc(-c2ccc(Cl)cc2)n1. The Morgan fingerprint density at radius 3 is 2.53 bits per heavy atom. The predicted molar refractivity (Wildman–Crippen MR) is 57.9 cm³/mol. The number of nitrogens with zero attached hydrogens (tertiary/aromatic N) is 2. The molecule has 0 bridgehead atoms. The maximum atomic E-state index is 10.5. The van der Waals surface area contributed by atoms with E-state index in [9.17, 15) is 4.79 Å². The third-order valence-corrected chi connectivity index (χ3v) is 2.17. The van der Waals surface area contributed by atoms with Gasteiger partial charge in [0.05, 0.1) is 5.69 Å². The minimum atomic E-state index is 0.183. The van der Waals surface area contributed by atoms with Crippen molar-refractivity contribution in [3.05, 3.63) is 47.4 Å². The summed E-state index contributed by atoms with van der Waals surface area (Å²) in [6.07, 6.45) is 2.18. The van der Waals surface area contributed by atoms with Gasteiger partial charge in [-0.15, -0.1) is 0 Å². The van der Waals surface area contributed by atoms with Gasteiger partial charge in [-0.05, 0) is 18.2 Å². The summed E-state index contributed by atoms with van der Waals surface area (Å²) in [4.78, 5) is 18.4. The molecule has 15 heavy (non-hydrogen) atoms. The van der Waals surface area contributed by atoms with E-state index in [4.69, 9.17) is 11.6 Å². The number of carbonyl (C=O) groups excluding carboxylic acids is 1. The Hall–Kier alpha value is -1.74. The van der Waals surface area contributed by atoms with Crippen LogP contribution in [0.4, 0.5) is 0 Å². The summed E-state index contributed by atoms with van der Waals surface area (Å²) in [6.45, 7) is 0. The first-order valence-corrected chi connectivity index (χ1v) is 4.71. The lowest BCUT2D eigenvalue weighted by atomic mass is 10.1. The molecule has 0 saturated heterocycles. The van der Waals surface area contributed by atoms with Gasteiger partial charge in [-0.1, -0.05) is 23.7 Å². The summed E-state index contributed by atoms with van der Waals surface area (Å²) in [5, 5.41) is 0.670. The van der Waals surface area contributed by atoms with Crippen molar-refractivity contribution in [2.75, 3.05) is 0 Å². The number of hydrogen-bond donors (Lipinski definition) is 0. The molecule has 0 amide bonds. The number of aldehydes is 1. The molecule has 0 aliphatic heterocycles. The van der Waals surface area contributed by atoms with E-state index in [2.05, 4.69) is 9.97 Å². The number of benzene rings is 1. The van der Waals surface area contributed by atoms with Crippen molar-refractivity contribution in [2.24, 2.45) is 0 Å². The van der Waals surface area contributed by atoms with Gasteiger partial charge in [0.15, 0.2) is 12.1 Å². The molecule has 1 aromatic carbocycles. The van der Waals surface area contributed by atoms with Crippen LogP contribution in [0.2, 0.25) is 5.02 Å². The van der Waals surface area contributed by atoms with E-state index in [0.717, 1.165) is 5.56 Å². The van der Waals surface area contributed by atoms with Crippen molar-refractivity contribution in [1.82, 2.24) is 9.97 Å². The second-order valence-corrected chi connectivity index (χ2v) is 3.36. The van der Waals surface area contributed by atoms with Gasteiger partial charge in [0, 0.05) is 16.8 Å². The third kappa shape index (κ3) is 2.19. The van der Waals surface area contributed by atoms with Gasteiger partial charge in [-0.3, -0.25) is 4.79 Å². The quantitative estimate of drug-likeness (QED) is 0.728. The maximum Gasteiger partial charge on any atom is 0.193 e. The van der Waals surface area contributed by atoms with Gasteiger partial charge in [0.2, 0.25) is 0 Å². The van der Waals surface area contributed by atoms with E-state index in [0.29, 0.717) is 17.0 Å². The number of hydrogen-bond acceptors (Lipinski definition) is 3. The molecule has 0 aliphatic rings. The zero-order chi connectivity index (χ0) is 10.7. The molecule has 2 rings (SSSR count). The normalized spacial score (nSPS) is 9.93. The van der Waals surface area contributed by atoms with Gasteiger partial charge in [-0.25, -0.2) is 9.97 Å². The van der Waals surface area contributed by atoms with E-state index in [1.54, 1.807) is 24.4 Å². The van der Waals surface area contributed by atoms with Gasteiger partial charge < -0.3 is 0 Å². The van der Waals surface area contributed by atoms with Crippen LogP contribution in [0.15, 0.2) is 36.5 Å². The van der Waals surface area contributed by atoms with Crippen molar-refractivity contribution < 1.29 is 4.79 Å². The highest BCUT2D eigenvalue weighted by atomic mass is 35.5. The lowest BCUT2D eigenvalue weighted by Gasteiger charge is -2.00. The van der Waals surface area contributed by atoms with Gasteiger partial charge in [0.1, 0.15) is 0 Å². The molecule has 0 atom stereocenters. The van der Waals surface area contributed by atoms with E-state index >= 15 is 0 Å². The first-order valence-electron chi connectivity index (χ1n) is 4.34. The van der Waals surface area contributed by atoms with Gasteiger partial charge in [-0.2, -0.15) is 0 Å². The average molecular weight is 219 g/mol. The number of carbonyl (C=O) groups is 1. The van der Waals surface area contributed by atoms with Crippen molar-refractivity contribution in [3.8, 4) is 11.3 Å². The summed E-state index contributed by atoms with van der Waals surface area (Å²) in [5.74, 6) is 0.183. The van der Waals surface area contributed by atoms with Gasteiger partial charge in [0.25, 0.3) is 0 Å². The molecule has 74 valence electrons. The molecular formula is C11H7ClN2O. The molecule has 4 heteroatoms. The van der Waals surface area contributed by atoms with E-state index in [1.807, 2.05) is 12.1 Å². The van der Waals surface area contributed by atoms with Crippen LogP contribution < -0.4 is 0 Å². The van der Waals surface area contributed by atoms with E-state index < -0.39 is 0 Å². The van der Waals surface area contributed by atoms with Crippen LogP contribution in [0, 0.1) is 0 Å². The fraction of sp³-hybridized carbons (Fsp3) is 0. The molecule has 0 aliphatic carbocycles. The second kappa shape index (κ2) is 4.19. The minimum Gasteiger partial charge on any atom is -0.294 e. The smallest absolute Gasteiger partial charge is 0.193 e. The summed E-state index contributed by atoms with van der Waals surface area (Å²) in [7, 11) is 0. The van der Waals surface area contributed by atoms with E-state index in [-0.39, 0.29) is 5.82 Å². The zero-order valence-corrected chi connectivity index (χ0v) is 8.48. The van der Waals surface area contributed by atoms with Crippen LogP contribution >= 0.6 is 11.6 Å². The summed E-state index contributed by atoms with van der Waals surface area (Å²) < 4.78 is 0. The summed E-state index contributed by atoms with van der Waals surface area (Å²) >= 11 is 5.77. The summed E-state index contributed by atoms with van der Waals surface area (Å²) in [5.41, 5.74) is 1.62. The van der Waals surface area contributed by atoms with Gasteiger partial charge >= 0.3 is 0 Å². The van der Waals surface area contributed by atoms with Crippen LogP contribution in [0.25, 0.3) is 11.3 Å². The largest absolute Gasteiger partial charge is 0.294 e. The van der Waals surface area contributed by atoms with Crippen molar-refractivity contribution in [2.45, 2.75) is 0 Å². The minimum absolute atomic E-state index is 0.183. The van der Waals surface area contributed by atoms with Crippen molar-refractivity contribution in [1.29, 1.82) is 0 Å². The molecule has 2 aromatic rings. The van der Waals surface area contributed by atoms with Crippen molar-refractivity contribution in [3.63, 3.8) is 0 Å². The molecule has 1 aromatic heterocycles. The fourth-order valence-electron chi connectivity index (χ4n) is 1.21. The first-order chi connectivity index (χ1) is 7.29. The molecule has 0 unspecified atom stereocenters. The monoisotopic (exact) mass is 218 g/mol. The van der Waals surface area contributed by atoms with Crippen molar-refractivity contribution >= 4 is 17.9 Å². The maximum absolute atomic E-state index is 10.5. The second-order valence-electron chi connectivity index (χ2n) is 2.92. The highest BCUT2D eigenvalue weighted by Gasteiger charge is 2.00. The van der Waals surface area contributed by atoms with Crippen LogP contribution in [0.1, 0.15) is 10.6 Å². The molecule has 0 saturated carbocycles. The van der Waals surface area contributed by atoms with Crippen LogP contribution in [-0.4, -0.2) is 16.3 Å². The molecule has 0 fully saturated rings. The lowest BCUT2D eigenvalue weighted by molar-refractivity contribution is 0.111. The average Bonchev–Trinajstić information content (AvgIpc) is 2.30. The van der Waals surface area contributed by atoms with Crippen LogP contribution in [0.5, 0.6) is 0 Å². The van der Waals surface area contributed by atoms with Crippen LogP contribution in [-0.2, 0) is 0 Å². The Morgan fingerprint density at radius 2 is 1.87 bits per heavy atom. The lowest BCUT2D eigenvalue weighted by Crippen LogP contribution is -1.93. The van der Waals surface area contributed by atoms with Crippen LogP contribution in [0.3, 0.4) is 0 Å². The predicted octanol–water partition coefficient (Wildman–Crippen LogP) is 2.61. The molecule has 0 spiro atoms. The highest BCUT2D eigenvalue weighted by Crippen LogP contribution is 2.18. The number of rotatable bonds is 2. The topological polar surface area (TPSA) is 42.9 Å². The Balaban J connectivity index is 2.44.